The van der Waals surface area contributed by atoms with E-state index in [0.717, 1.165) is 12.1 Å². The monoisotopic (exact) mass is 455 g/mol. The van der Waals surface area contributed by atoms with Gasteiger partial charge in [-0.2, -0.15) is 0 Å². The molecule has 0 unspecified atom stereocenters. The van der Waals surface area contributed by atoms with E-state index in [1.807, 2.05) is 35.8 Å². The van der Waals surface area contributed by atoms with E-state index in [0.29, 0.717) is 17.5 Å². The van der Waals surface area contributed by atoms with Crippen molar-refractivity contribution in [2.75, 3.05) is 11.1 Å². The van der Waals surface area contributed by atoms with Crippen LogP contribution < -0.4 is 10.6 Å². The second-order valence-corrected chi connectivity index (χ2v) is 8.09. The van der Waals surface area contributed by atoms with Gasteiger partial charge in [0.25, 0.3) is 5.91 Å². The number of rotatable bonds is 9. The van der Waals surface area contributed by atoms with Crippen LogP contribution in [-0.2, 0) is 17.8 Å². The largest absolute Gasteiger partial charge is 0.342 e. The maximum absolute atomic E-state index is 13.9. The minimum atomic E-state index is -0.583. The lowest BCUT2D eigenvalue weighted by Gasteiger charge is -2.15. The average molecular weight is 456 g/mol. The lowest BCUT2D eigenvalue weighted by Crippen LogP contribution is -2.29. The Morgan fingerprint density at radius 2 is 1.81 bits per heavy atom. The number of anilines is 1. The zero-order valence-corrected chi connectivity index (χ0v) is 19.1. The SMILES string of the molecule is CCc1ccc(NC(=O)CSc2nnc([C@H](C)NC(=O)c3ccccc3F)n2CC)cc1. The highest BCUT2D eigenvalue weighted by Gasteiger charge is 2.21. The summed E-state index contributed by atoms with van der Waals surface area (Å²) in [5.41, 5.74) is 1.92. The van der Waals surface area contributed by atoms with Crippen LogP contribution in [-0.4, -0.2) is 32.3 Å². The van der Waals surface area contributed by atoms with Crippen LogP contribution in [0.15, 0.2) is 53.7 Å². The third-order valence-corrected chi connectivity index (χ3v) is 5.86. The van der Waals surface area contributed by atoms with Gasteiger partial charge in [-0.1, -0.05) is 43.0 Å². The molecule has 2 aromatic carbocycles. The second-order valence-electron chi connectivity index (χ2n) is 7.15. The molecule has 0 aliphatic heterocycles. The van der Waals surface area contributed by atoms with E-state index in [-0.39, 0.29) is 17.2 Å². The summed E-state index contributed by atoms with van der Waals surface area (Å²) in [4.78, 5) is 24.8. The van der Waals surface area contributed by atoms with E-state index in [9.17, 15) is 14.0 Å². The Balaban J connectivity index is 1.61. The van der Waals surface area contributed by atoms with E-state index in [2.05, 4.69) is 27.8 Å². The van der Waals surface area contributed by atoms with Crippen LogP contribution >= 0.6 is 11.8 Å². The number of thioether (sulfide) groups is 1. The zero-order valence-electron chi connectivity index (χ0n) is 18.3. The molecule has 0 fully saturated rings. The van der Waals surface area contributed by atoms with Gasteiger partial charge in [-0.15, -0.1) is 10.2 Å². The van der Waals surface area contributed by atoms with Crippen LogP contribution in [0.4, 0.5) is 10.1 Å². The lowest BCUT2D eigenvalue weighted by atomic mass is 10.1. The predicted octanol–water partition coefficient (Wildman–Crippen LogP) is 4.22. The summed E-state index contributed by atoms with van der Waals surface area (Å²) in [7, 11) is 0. The van der Waals surface area contributed by atoms with Gasteiger partial charge in [-0.3, -0.25) is 9.59 Å². The Labute approximate surface area is 190 Å². The number of amides is 2. The molecular formula is C23H26FN5O2S. The van der Waals surface area contributed by atoms with Crippen molar-refractivity contribution in [3.8, 4) is 0 Å². The number of carbonyl (C=O) groups is 2. The van der Waals surface area contributed by atoms with Crippen molar-refractivity contribution in [1.82, 2.24) is 20.1 Å². The predicted molar refractivity (Wildman–Crippen MR) is 123 cm³/mol. The summed E-state index contributed by atoms with van der Waals surface area (Å²) in [5.74, 6) is -0.545. The molecule has 0 aliphatic carbocycles. The average Bonchev–Trinajstić information content (AvgIpc) is 3.21. The number of hydrogen-bond donors (Lipinski definition) is 2. The van der Waals surface area contributed by atoms with Crippen LogP contribution in [0, 0.1) is 5.82 Å². The fraction of sp³-hybridized carbons (Fsp3) is 0.304. The number of nitrogens with one attached hydrogen (secondary N) is 2. The van der Waals surface area contributed by atoms with Crippen molar-refractivity contribution in [3.05, 3.63) is 71.3 Å². The van der Waals surface area contributed by atoms with Gasteiger partial charge in [0.2, 0.25) is 5.91 Å². The molecule has 0 bridgehead atoms. The maximum atomic E-state index is 13.9. The minimum absolute atomic E-state index is 0.0276. The summed E-state index contributed by atoms with van der Waals surface area (Å²) in [6.07, 6.45) is 0.943. The summed E-state index contributed by atoms with van der Waals surface area (Å²) < 4.78 is 15.7. The van der Waals surface area contributed by atoms with E-state index in [1.54, 1.807) is 13.0 Å². The number of aromatic nitrogens is 3. The van der Waals surface area contributed by atoms with E-state index in [1.165, 1.54) is 35.5 Å². The van der Waals surface area contributed by atoms with Crippen LogP contribution in [0.3, 0.4) is 0 Å². The van der Waals surface area contributed by atoms with Crippen molar-refractivity contribution in [1.29, 1.82) is 0 Å². The molecule has 3 rings (SSSR count). The molecule has 32 heavy (non-hydrogen) atoms. The third-order valence-electron chi connectivity index (χ3n) is 4.89. The second kappa shape index (κ2) is 10.9. The molecule has 9 heteroatoms. The van der Waals surface area contributed by atoms with Gasteiger partial charge < -0.3 is 15.2 Å². The number of halogens is 1. The van der Waals surface area contributed by atoms with Crippen LogP contribution in [0.5, 0.6) is 0 Å². The summed E-state index contributed by atoms with van der Waals surface area (Å²) >= 11 is 1.27. The Morgan fingerprint density at radius 1 is 1.09 bits per heavy atom. The number of hydrogen-bond acceptors (Lipinski definition) is 5. The number of aryl methyl sites for hydroxylation is 1. The van der Waals surface area contributed by atoms with Crippen molar-refractivity contribution >= 4 is 29.3 Å². The van der Waals surface area contributed by atoms with Crippen molar-refractivity contribution in [2.24, 2.45) is 0 Å². The maximum Gasteiger partial charge on any atom is 0.254 e. The van der Waals surface area contributed by atoms with Crippen LogP contribution in [0.25, 0.3) is 0 Å². The van der Waals surface area contributed by atoms with Gasteiger partial charge in [-0.05, 0) is 50.1 Å². The molecule has 0 saturated heterocycles. The van der Waals surface area contributed by atoms with Crippen molar-refractivity contribution < 1.29 is 14.0 Å². The van der Waals surface area contributed by atoms with Gasteiger partial charge in [0.05, 0.1) is 17.4 Å². The Bertz CT molecular complexity index is 1080. The van der Waals surface area contributed by atoms with Crippen LogP contribution in [0.2, 0.25) is 0 Å². The standard InChI is InChI=1S/C23H26FN5O2S/c1-4-16-10-12-17(13-11-16)26-20(30)14-32-23-28-27-21(29(23)5-2)15(3)25-22(31)18-8-6-7-9-19(18)24/h6-13,15H,4-5,14H2,1-3H3,(H,25,31)(H,26,30)/t15-/m0/s1. The van der Waals surface area contributed by atoms with E-state index < -0.39 is 17.8 Å². The normalized spacial score (nSPS) is 11.8. The molecule has 2 N–H and O–H groups in total. The molecule has 0 aliphatic rings. The first-order valence-corrected chi connectivity index (χ1v) is 11.4. The Hall–Kier alpha value is -3.20. The molecule has 3 aromatic rings. The first-order chi connectivity index (χ1) is 15.4. The molecule has 0 saturated carbocycles. The molecule has 0 spiro atoms. The highest BCUT2D eigenvalue weighted by atomic mass is 32.2. The van der Waals surface area contributed by atoms with Gasteiger partial charge in [0, 0.05) is 12.2 Å². The Kier molecular flexibility index (Phi) is 7.99. The van der Waals surface area contributed by atoms with Gasteiger partial charge in [0.1, 0.15) is 5.82 Å². The van der Waals surface area contributed by atoms with E-state index in [4.69, 9.17) is 0 Å². The van der Waals surface area contributed by atoms with Crippen molar-refractivity contribution in [3.63, 3.8) is 0 Å². The molecule has 1 heterocycles. The number of benzene rings is 2. The van der Waals surface area contributed by atoms with Gasteiger partial charge in [0.15, 0.2) is 11.0 Å². The van der Waals surface area contributed by atoms with Gasteiger partial charge in [-0.25, -0.2) is 4.39 Å². The van der Waals surface area contributed by atoms with Crippen molar-refractivity contribution in [2.45, 2.75) is 44.9 Å². The molecular weight excluding hydrogens is 429 g/mol. The summed E-state index contributed by atoms with van der Waals surface area (Å²) in [5, 5.41) is 14.6. The smallest absolute Gasteiger partial charge is 0.254 e. The molecule has 1 aromatic heterocycles. The number of nitrogens with zero attached hydrogens (tertiary/aromatic N) is 3. The highest BCUT2D eigenvalue weighted by molar-refractivity contribution is 7.99. The molecule has 0 radical (unpaired) electrons. The van der Waals surface area contributed by atoms with Crippen LogP contribution in [0.1, 0.15) is 48.6 Å². The zero-order chi connectivity index (χ0) is 23.1. The first-order valence-electron chi connectivity index (χ1n) is 10.4. The first kappa shape index (κ1) is 23.5. The Morgan fingerprint density at radius 3 is 2.47 bits per heavy atom. The topological polar surface area (TPSA) is 88.9 Å². The third kappa shape index (κ3) is 5.73. The number of carbonyl (C=O) groups excluding carboxylic acids is 2. The fourth-order valence-electron chi connectivity index (χ4n) is 3.16. The molecule has 7 nitrogen and oxygen atoms in total. The molecule has 1 atom stereocenters. The fourth-order valence-corrected chi connectivity index (χ4v) is 3.97. The minimum Gasteiger partial charge on any atom is -0.342 e. The highest BCUT2D eigenvalue weighted by Crippen LogP contribution is 2.21. The molecule has 2 amide bonds. The lowest BCUT2D eigenvalue weighted by molar-refractivity contribution is -0.113. The molecule has 168 valence electrons. The summed E-state index contributed by atoms with van der Waals surface area (Å²) in [6, 6.07) is 13.1. The van der Waals surface area contributed by atoms with Gasteiger partial charge >= 0.3 is 0 Å². The summed E-state index contributed by atoms with van der Waals surface area (Å²) in [6.45, 7) is 6.33. The van der Waals surface area contributed by atoms with E-state index >= 15 is 0 Å². The quantitative estimate of drug-likeness (QED) is 0.472.